The molecule has 1 atom stereocenters. The summed E-state index contributed by atoms with van der Waals surface area (Å²) in [5.74, 6) is -1.97. The van der Waals surface area contributed by atoms with Gasteiger partial charge in [0, 0.05) is 18.0 Å². The number of benzene rings is 1. The first kappa shape index (κ1) is 16.6. The van der Waals surface area contributed by atoms with Crippen molar-refractivity contribution in [3.05, 3.63) is 34.1 Å². The number of amides is 1. The first-order valence-electron chi connectivity index (χ1n) is 5.89. The molecular weight excluding hydrogens is 333 g/mol. The fourth-order valence-corrected chi connectivity index (χ4v) is 2.04. The lowest BCUT2D eigenvalue weighted by atomic mass is 10.1. The fourth-order valence-electron chi connectivity index (χ4n) is 1.59. The number of carboxylic acids is 1. The topological polar surface area (TPSA) is 75.6 Å². The van der Waals surface area contributed by atoms with Gasteiger partial charge < -0.3 is 15.2 Å². The van der Waals surface area contributed by atoms with Crippen molar-refractivity contribution in [2.24, 2.45) is 0 Å². The molecule has 0 aliphatic rings. The zero-order valence-corrected chi connectivity index (χ0v) is 12.4. The third-order valence-electron chi connectivity index (χ3n) is 2.60. The van der Waals surface area contributed by atoms with Crippen LogP contribution in [0, 0.1) is 5.82 Å². The highest BCUT2D eigenvalue weighted by atomic mass is 79.9. The van der Waals surface area contributed by atoms with Crippen LogP contribution in [-0.2, 0) is 20.7 Å². The summed E-state index contributed by atoms with van der Waals surface area (Å²) in [6.07, 6.45) is 0.374. The molecule has 0 spiro atoms. The molecule has 0 bridgehead atoms. The van der Waals surface area contributed by atoms with Crippen molar-refractivity contribution in [1.29, 1.82) is 0 Å². The van der Waals surface area contributed by atoms with E-state index in [1.165, 1.54) is 19.2 Å². The van der Waals surface area contributed by atoms with Crippen LogP contribution in [0.3, 0.4) is 0 Å². The van der Waals surface area contributed by atoms with Gasteiger partial charge in [-0.25, -0.2) is 9.18 Å². The quantitative estimate of drug-likeness (QED) is 0.787. The van der Waals surface area contributed by atoms with Crippen LogP contribution in [0.2, 0.25) is 0 Å². The number of aryl methyl sites for hydroxylation is 1. The highest BCUT2D eigenvalue weighted by Crippen LogP contribution is 2.19. The van der Waals surface area contributed by atoms with Crippen LogP contribution in [0.5, 0.6) is 0 Å². The zero-order valence-electron chi connectivity index (χ0n) is 10.9. The van der Waals surface area contributed by atoms with Crippen LogP contribution < -0.4 is 5.32 Å². The van der Waals surface area contributed by atoms with Crippen molar-refractivity contribution in [2.75, 3.05) is 13.7 Å². The van der Waals surface area contributed by atoms with Crippen molar-refractivity contribution in [3.63, 3.8) is 0 Å². The maximum Gasteiger partial charge on any atom is 0.328 e. The molecule has 1 aromatic rings. The summed E-state index contributed by atoms with van der Waals surface area (Å²) in [6.45, 7) is -0.106. The van der Waals surface area contributed by atoms with Crippen LogP contribution in [0.15, 0.2) is 22.7 Å². The van der Waals surface area contributed by atoms with E-state index in [4.69, 9.17) is 9.84 Å². The van der Waals surface area contributed by atoms with E-state index in [0.29, 0.717) is 16.5 Å². The Hall–Kier alpha value is -1.47. The van der Waals surface area contributed by atoms with Crippen molar-refractivity contribution >= 4 is 27.8 Å². The summed E-state index contributed by atoms with van der Waals surface area (Å²) < 4.78 is 18.5. The van der Waals surface area contributed by atoms with Gasteiger partial charge in [-0.05, 0) is 30.2 Å². The second kappa shape index (κ2) is 7.96. The minimum Gasteiger partial charge on any atom is -0.480 e. The molecule has 0 saturated heterocycles. The molecule has 7 heteroatoms. The van der Waals surface area contributed by atoms with Gasteiger partial charge >= 0.3 is 5.97 Å². The third-order valence-corrected chi connectivity index (χ3v) is 3.37. The molecule has 1 amide bonds. The van der Waals surface area contributed by atoms with Crippen LogP contribution in [-0.4, -0.2) is 36.7 Å². The molecule has 0 heterocycles. The predicted octanol–water partition coefficient (Wildman–Crippen LogP) is 1.74. The maximum absolute atomic E-state index is 13.1. The van der Waals surface area contributed by atoms with Gasteiger partial charge in [0.05, 0.1) is 6.61 Å². The Morgan fingerprint density at radius 1 is 1.50 bits per heavy atom. The lowest BCUT2D eigenvalue weighted by Crippen LogP contribution is -2.43. The number of ether oxygens (including phenoxy) is 1. The van der Waals surface area contributed by atoms with E-state index in [1.54, 1.807) is 6.07 Å². The van der Waals surface area contributed by atoms with E-state index >= 15 is 0 Å². The Kier molecular flexibility index (Phi) is 6.60. The van der Waals surface area contributed by atoms with Gasteiger partial charge in [0.2, 0.25) is 5.91 Å². The molecule has 0 fully saturated rings. The predicted molar refractivity (Wildman–Crippen MR) is 73.9 cm³/mol. The van der Waals surface area contributed by atoms with Crippen molar-refractivity contribution in [3.8, 4) is 0 Å². The molecule has 2 N–H and O–H groups in total. The normalized spacial score (nSPS) is 11.9. The smallest absolute Gasteiger partial charge is 0.328 e. The van der Waals surface area contributed by atoms with Crippen molar-refractivity contribution in [2.45, 2.75) is 18.9 Å². The molecule has 1 aromatic carbocycles. The number of hydrogen-bond donors (Lipinski definition) is 2. The third kappa shape index (κ3) is 5.26. The maximum atomic E-state index is 13.1. The Balaban J connectivity index is 2.54. The summed E-state index contributed by atoms with van der Waals surface area (Å²) >= 11 is 3.27. The van der Waals surface area contributed by atoms with Gasteiger partial charge in [0.25, 0.3) is 0 Å². The highest BCUT2D eigenvalue weighted by Gasteiger charge is 2.19. The lowest BCUT2D eigenvalue weighted by molar-refractivity contribution is -0.143. The minimum atomic E-state index is -1.16. The van der Waals surface area contributed by atoms with E-state index in [0.717, 1.165) is 0 Å². The van der Waals surface area contributed by atoms with Gasteiger partial charge in [0.15, 0.2) is 6.04 Å². The summed E-state index contributed by atoms with van der Waals surface area (Å²) in [5.41, 5.74) is 0.652. The summed E-state index contributed by atoms with van der Waals surface area (Å²) in [4.78, 5) is 22.5. The second-order valence-electron chi connectivity index (χ2n) is 4.15. The monoisotopic (exact) mass is 347 g/mol. The minimum absolute atomic E-state index is 0.0650. The van der Waals surface area contributed by atoms with E-state index in [-0.39, 0.29) is 18.8 Å². The molecule has 0 radical (unpaired) electrons. The number of aliphatic carboxylic acids is 1. The number of nitrogens with one attached hydrogen (secondary N) is 1. The highest BCUT2D eigenvalue weighted by molar-refractivity contribution is 9.10. The molecule has 1 unspecified atom stereocenters. The van der Waals surface area contributed by atoms with Gasteiger partial charge in [0.1, 0.15) is 5.82 Å². The van der Waals surface area contributed by atoms with Gasteiger partial charge in [-0.3, -0.25) is 4.79 Å². The zero-order chi connectivity index (χ0) is 15.1. The number of carbonyl (C=O) groups is 2. The van der Waals surface area contributed by atoms with Crippen LogP contribution in [0.25, 0.3) is 0 Å². The molecule has 20 heavy (non-hydrogen) atoms. The lowest BCUT2D eigenvalue weighted by Gasteiger charge is -2.13. The second-order valence-corrected chi connectivity index (χ2v) is 5.00. The number of rotatable bonds is 7. The van der Waals surface area contributed by atoms with Crippen LogP contribution in [0.4, 0.5) is 4.39 Å². The molecule has 110 valence electrons. The fraction of sp³-hybridized carbons (Fsp3) is 0.385. The summed E-state index contributed by atoms with van der Waals surface area (Å²) in [7, 11) is 1.35. The Morgan fingerprint density at radius 3 is 2.80 bits per heavy atom. The molecule has 1 rings (SSSR count). The Morgan fingerprint density at radius 2 is 2.20 bits per heavy atom. The number of carboxylic acid groups (broad SMARTS) is 1. The Labute approximate surface area is 124 Å². The number of carbonyl (C=O) groups excluding carboxylic acids is 1. The van der Waals surface area contributed by atoms with Crippen LogP contribution >= 0.6 is 15.9 Å². The summed E-state index contributed by atoms with van der Waals surface area (Å²) in [6, 6.07) is 3.13. The Bertz CT molecular complexity index is 495. The average Bonchev–Trinajstić information content (AvgIpc) is 2.39. The molecule has 0 aliphatic carbocycles. The number of hydrogen-bond acceptors (Lipinski definition) is 3. The van der Waals surface area contributed by atoms with Crippen molar-refractivity contribution < 1.29 is 23.8 Å². The van der Waals surface area contributed by atoms with Gasteiger partial charge in [-0.15, -0.1) is 0 Å². The van der Waals surface area contributed by atoms with Crippen LogP contribution in [0.1, 0.15) is 12.0 Å². The molecular formula is C13H15BrFNO4. The molecule has 5 nitrogen and oxygen atoms in total. The van der Waals surface area contributed by atoms with E-state index in [9.17, 15) is 14.0 Å². The number of methoxy groups -OCH3 is 1. The first-order chi connectivity index (χ1) is 9.43. The van der Waals surface area contributed by atoms with Gasteiger partial charge in [-0.1, -0.05) is 15.9 Å². The van der Waals surface area contributed by atoms with E-state index in [1.807, 2.05) is 0 Å². The molecule has 0 aliphatic heterocycles. The summed E-state index contributed by atoms with van der Waals surface area (Å²) in [5, 5.41) is 11.2. The largest absolute Gasteiger partial charge is 0.480 e. The number of halogens is 2. The standard InChI is InChI=1S/C13H15BrFNO4/c1-20-7-11(13(18)19)16-12(17)5-2-8-6-9(15)3-4-10(8)14/h3-4,6,11H,2,5,7H2,1H3,(H,16,17)(H,18,19). The molecule has 0 saturated carbocycles. The first-order valence-corrected chi connectivity index (χ1v) is 6.68. The molecule has 0 aromatic heterocycles. The van der Waals surface area contributed by atoms with Crippen molar-refractivity contribution in [1.82, 2.24) is 5.32 Å². The van der Waals surface area contributed by atoms with Gasteiger partial charge in [-0.2, -0.15) is 0 Å². The SMILES string of the molecule is COCC(NC(=O)CCc1cc(F)ccc1Br)C(=O)O. The van der Waals surface area contributed by atoms with E-state index in [2.05, 4.69) is 21.2 Å². The average molecular weight is 348 g/mol. The van der Waals surface area contributed by atoms with E-state index < -0.39 is 17.9 Å².